The highest BCUT2D eigenvalue weighted by atomic mass is 16.5. The Bertz CT molecular complexity index is 706. The second-order valence-corrected chi connectivity index (χ2v) is 7.34. The molecular weight excluding hydrogens is 364 g/mol. The predicted molar refractivity (Wildman–Crippen MR) is 99.3 cm³/mol. The number of carboxylic acids is 1. The predicted octanol–water partition coefficient (Wildman–Crippen LogP) is -0.313. The van der Waals surface area contributed by atoms with Gasteiger partial charge in [0, 0.05) is 25.2 Å². The molecule has 0 radical (unpaired) electrons. The Kier molecular flexibility index (Phi) is 7.95. The van der Waals surface area contributed by atoms with Gasteiger partial charge in [-0.25, -0.2) is 4.79 Å². The molecule has 1 fully saturated rings. The van der Waals surface area contributed by atoms with Gasteiger partial charge in [-0.2, -0.15) is 0 Å². The van der Waals surface area contributed by atoms with E-state index in [0.717, 1.165) is 12.8 Å². The Morgan fingerprint density at radius 2 is 2.04 bits per heavy atom. The fraction of sp³-hybridized carbons (Fsp3) is 0.550. The van der Waals surface area contributed by atoms with E-state index in [4.69, 9.17) is 9.47 Å². The second kappa shape index (κ2) is 10.2. The van der Waals surface area contributed by atoms with Crippen molar-refractivity contribution in [3.05, 3.63) is 29.8 Å². The molecule has 1 saturated heterocycles. The number of para-hydroxylation sites is 1. The number of benzene rings is 1. The van der Waals surface area contributed by atoms with Crippen LogP contribution in [0.15, 0.2) is 24.3 Å². The van der Waals surface area contributed by atoms with Crippen LogP contribution < -0.4 is 15.7 Å². The molecule has 8 heteroatoms. The van der Waals surface area contributed by atoms with E-state index in [1.165, 1.54) is 13.2 Å². The normalized spacial score (nSPS) is 20.4. The first-order valence-electron chi connectivity index (χ1n) is 9.46. The number of nitrogens with two attached hydrogens (primary N) is 1. The van der Waals surface area contributed by atoms with Crippen molar-refractivity contribution in [1.29, 1.82) is 0 Å². The van der Waals surface area contributed by atoms with E-state index in [9.17, 15) is 19.5 Å². The van der Waals surface area contributed by atoms with Gasteiger partial charge in [0.1, 0.15) is 0 Å². The number of quaternary nitrogens is 1. The summed E-state index contributed by atoms with van der Waals surface area (Å²) in [5, 5.41) is 15.6. The number of methoxy groups -OCH3 is 1. The lowest BCUT2D eigenvalue weighted by Gasteiger charge is -2.32. The summed E-state index contributed by atoms with van der Waals surface area (Å²) in [6.07, 6.45) is 1.14. The van der Waals surface area contributed by atoms with E-state index < -0.39 is 30.3 Å². The standard InChI is InChI=1S/C20H28N2O6/c1-12(2)17-10-13(8-9-28-17)21-16(11-18(23)24)19(25)22-15-7-5-4-6-14(15)20(26)27-3/h4-7,12-13,16-17,21H,8-11H2,1-3H3,(H,22,25)(H,23,24)/t13-,16-,17-/m0/s1. The number of ether oxygens (including phenoxy) is 2. The highest BCUT2D eigenvalue weighted by Gasteiger charge is 2.32. The number of carbonyl (C=O) groups excluding carboxylic acids is 3. The van der Waals surface area contributed by atoms with Crippen molar-refractivity contribution in [2.24, 2.45) is 5.92 Å². The zero-order valence-electron chi connectivity index (χ0n) is 16.5. The van der Waals surface area contributed by atoms with Crippen molar-refractivity contribution in [3.63, 3.8) is 0 Å². The summed E-state index contributed by atoms with van der Waals surface area (Å²) in [4.78, 5) is 35.9. The van der Waals surface area contributed by atoms with Gasteiger partial charge < -0.3 is 30.0 Å². The SMILES string of the molecule is COC(=O)c1ccccc1NC(=O)[C@H](CC(=O)[O-])[NH2+][C@H]1CCO[C@H](C(C)C)C1. The topological polar surface area (TPSA) is 121 Å². The molecule has 0 saturated carbocycles. The third kappa shape index (κ3) is 6.03. The minimum atomic E-state index is -1.30. The van der Waals surface area contributed by atoms with E-state index >= 15 is 0 Å². The van der Waals surface area contributed by atoms with Gasteiger partial charge in [0.05, 0.1) is 37.1 Å². The molecule has 8 nitrogen and oxygen atoms in total. The van der Waals surface area contributed by atoms with Crippen molar-refractivity contribution in [2.75, 3.05) is 19.0 Å². The molecule has 2 rings (SSSR count). The van der Waals surface area contributed by atoms with Gasteiger partial charge in [0.25, 0.3) is 5.91 Å². The molecule has 1 aliphatic rings. The molecule has 1 heterocycles. The first kappa shape index (κ1) is 21.8. The number of hydrogen-bond donors (Lipinski definition) is 2. The molecular formula is C20H28N2O6. The van der Waals surface area contributed by atoms with Crippen molar-refractivity contribution >= 4 is 23.5 Å². The van der Waals surface area contributed by atoms with Crippen molar-refractivity contribution in [3.8, 4) is 0 Å². The lowest BCUT2D eigenvalue weighted by Crippen LogP contribution is -2.98. The number of aliphatic carboxylic acids is 1. The third-order valence-corrected chi connectivity index (χ3v) is 4.92. The Labute approximate surface area is 164 Å². The minimum Gasteiger partial charge on any atom is -0.550 e. The fourth-order valence-electron chi connectivity index (χ4n) is 3.36. The first-order valence-corrected chi connectivity index (χ1v) is 9.46. The van der Waals surface area contributed by atoms with Crippen molar-refractivity contribution < 1.29 is 34.3 Å². The maximum Gasteiger partial charge on any atom is 0.339 e. The zero-order valence-corrected chi connectivity index (χ0v) is 16.5. The third-order valence-electron chi connectivity index (χ3n) is 4.92. The number of nitrogens with one attached hydrogen (secondary N) is 1. The van der Waals surface area contributed by atoms with Crippen LogP contribution in [0.5, 0.6) is 0 Å². The highest BCUT2D eigenvalue weighted by molar-refractivity contribution is 6.02. The Morgan fingerprint density at radius 1 is 1.32 bits per heavy atom. The average Bonchev–Trinajstić information content (AvgIpc) is 2.67. The maximum atomic E-state index is 12.8. The van der Waals surface area contributed by atoms with Crippen LogP contribution in [0.25, 0.3) is 0 Å². The smallest absolute Gasteiger partial charge is 0.339 e. The summed E-state index contributed by atoms with van der Waals surface area (Å²) < 4.78 is 10.5. The first-order chi connectivity index (χ1) is 13.3. The number of anilines is 1. The zero-order chi connectivity index (χ0) is 20.7. The highest BCUT2D eigenvalue weighted by Crippen LogP contribution is 2.19. The lowest BCUT2D eigenvalue weighted by molar-refractivity contribution is -0.713. The Hall–Kier alpha value is -2.45. The number of rotatable bonds is 8. The monoisotopic (exact) mass is 392 g/mol. The van der Waals surface area contributed by atoms with Gasteiger partial charge in [0.15, 0.2) is 6.04 Å². The van der Waals surface area contributed by atoms with Gasteiger partial charge in [-0.05, 0) is 18.1 Å². The molecule has 1 aliphatic heterocycles. The van der Waals surface area contributed by atoms with E-state index in [-0.39, 0.29) is 23.4 Å². The van der Waals surface area contributed by atoms with Gasteiger partial charge >= 0.3 is 5.97 Å². The summed E-state index contributed by atoms with van der Waals surface area (Å²) in [5.41, 5.74) is 0.486. The second-order valence-electron chi connectivity index (χ2n) is 7.34. The van der Waals surface area contributed by atoms with Crippen LogP contribution in [0.2, 0.25) is 0 Å². The summed E-state index contributed by atoms with van der Waals surface area (Å²) in [7, 11) is 1.25. The molecule has 3 atom stereocenters. The molecule has 0 aliphatic carbocycles. The van der Waals surface area contributed by atoms with E-state index in [0.29, 0.717) is 12.5 Å². The van der Waals surface area contributed by atoms with E-state index in [1.807, 2.05) is 0 Å². The van der Waals surface area contributed by atoms with E-state index in [1.54, 1.807) is 23.5 Å². The molecule has 0 aromatic heterocycles. The fourth-order valence-corrected chi connectivity index (χ4v) is 3.36. The quantitative estimate of drug-likeness (QED) is 0.585. The van der Waals surface area contributed by atoms with Crippen LogP contribution in [-0.4, -0.2) is 49.8 Å². The molecule has 0 bridgehead atoms. The number of esters is 1. The van der Waals surface area contributed by atoms with Gasteiger partial charge in [-0.1, -0.05) is 26.0 Å². The van der Waals surface area contributed by atoms with Gasteiger partial charge in [-0.3, -0.25) is 4.79 Å². The molecule has 0 unspecified atom stereocenters. The van der Waals surface area contributed by atoms with Crippen molar-refractivity contribution in [1.82, 2.24) is 0 Å². The molecule has 1 aromatic carbocycles. The maximum absolute atomic E-state index is 12.8. The average molecular weight is 392 g/mol. The van der Waals surface area contributed by atoms with Crippen LogP contribution >= 0.6 is 0 Å². The lowest BCUT2D eigenvalue weighted by atomic mass is 9.94. The minimum absolute atomic E-state index is 0.0760. The number of carbonyl (C=O) groups is 3. The van der Waals surface area contributed by atoms with Crippen LogP contribution in [0.4, 0.5) is 5.69 Å². The molecule has 3 N–H and O–H groups in total. The number of amides is 1. The molecule has 154 valence electrons. The number of carboxylic acid groups (broad SMARTS) is 1. The Balaban J connectivity index is 2.11. The number of hydrogen-bond acceptors (Lipinski definition) is 6. The van der Waals surface area contributed by atoms with Crippen LogP contribution in [0.1, 0.15) is 43.5 Å². The van der Waals surface area contributed by atoms with Crippen molar-refractivity contribution in [2.45, 2.75) is 51.3 Å². The molecule has 1 aromatic rings. The van der Waals surface area contributed by atoms with Crippen LogP contribution in [0.3, 0.4) is 0 Å². The Morgan fingerprint density at radius 3 is 2.68 bits per heavy atom. The summed E-state index contributed by atoms with van der Waals surface area (Å²) in [5.74, 6) is -2.03. The van der Waals surface area contributed by atoms with E-state index in [2.05, 4.69) is 19.2 Å². The molecule has 0 spiro atoms. The largest absolute Gasteiger partial charge is 0.550 e. The molecule has 28 heavy (non-hydrogen) atoms. The summed E-state index contributed by atoms with van der Waals surface area (Å²) >= 11 is 0. The van der Waals surface area contributed by atoms with Crippen LogP contribution in [0, 0.1) is 5.92 Å². The molecule has 1 amide bonds. The summed E-state index contributed by atoms with van der Waals surface area (Å²) in [6.45, 7) is 4.72. The van der Waals surface area contributed by atoms with Gasteiger partial charge in [-0.15, -0.1) is 0 Å². The van der Waals surface area contributed by atoms with Gasteiger partial charge in [0.2, 0.25) is 0 Å². The summed E-state index contributed by atoms with van der Waals surface area (Å²) in [6, 6.07) is 5.64. The van der Waals surface area contributed by atoms with Crippen LogP contribution in [-0.2, 0) is 19.1 Å².